The third-order valence-electron chi connectivity index (χ3n) is 9.57. The van der Waals surface area contributed by atoms with Crippen LogP contribution in [0.1, 0.15) is 11.1 Å². The van der Waals surface area contributed by atoms with Gasteiger partial charge in [0.25, 0.3) is 0 Å². The van der Waals surface area contributed by atoms with E-state index in [1.165, 1.54) is 22.3 Å². The molecule has 51 heavy (non-hydrogen) atoms. The van der Waals surface area contributed by atoms with Gasteiger partial charge in [-0.25, -0.2) is 0 Å². The third-order valence-corrected chi connectivity index (χ3v) is 9.57. The molecule has 0 aliphatic rings. The average molecular weight is 657 g/mol. The SMILES string of the molecule is Oc1ccc(Cc2ccc(O)c(-c3ccc(-c4ccc(-c5ccccc5)cc4)cc3)c2)cc1-c1ccc(-c2ccc(-c3ccccc3)cc2)cc1. The summed E-state index contributed by atoms with van der Waals surface area (Å²) in [5.41, 5.74) is 15.0. The van der Waals surface area contributed by atoms with Crippen LogP contribution in [0.3, 0.4) is 0 Å². The lowest BCUT2D eigenvalue weighted by Gasteiger charge is -2.12. The molecule has 2 N–H and O–H groups in total. The van der Waals surface area contributed by atoms with Crippen LogP contribution in [-0.4, -0.2) is 10.2 Å². The molecule has 0 fully saturated rings. The molecule has 2 nitrogen and oxygen atoms in total. The van der Waals surface area contributed by atoms with Crippen molar-refractivity contribution < 1.29 is 10.2 Å². The topological polar surface area (TPSA) is 40.5 Å². The number of phenols is 2. The van der Waals surface area contributed by atoms with E-state index in [2.05, 4.69) is 158 Å². The summed E-state index contributed by atoms with van der Waals surface area (Å²) in [5.74, 6) is 0.500. The first kappa shape index (κ1) is 31.6. The Bertz CT molecular complexity index is 2220. The van der Waals surface area contributed by atoms with Crippen LogP contribution in [0.25, 0.3) is 66.8 Å². The van der Waals surface area contributed by atoms with Gasteiger partial charge in [-0.05, 0) is 97.4 Å². The second-order valence-corrected chi connectivity index (χ2v) is 12.9. The Labute approximate surface area is 299 Å². The fourth-order valence-electron chi connectivity index (χ4n) is 6.74. The Morgan fingerprint density at radius 3 is 0.804 bits per heavy atom. The number of hydrogen-bond donors (Lipinski definition) is 2. The largest absolute Gasteiger partial charge is 0.507 e. The molecule has 244 valence electrons. The summed E-state index contributed by atoms with van der Waals surface area (Å²) < 4.78 is 0. The molecule has 0 saturated heterocycles. The van der Waals surface area contributed by atoms with E-state index in [0.717, 1.165) is 55.6 Å². The molecule has 0 amide bonds. The first-order valence-corrected chi connectivity index (χ1v) is 17.2. The number of aromatic hydroxyl groups is 2. The van der Waals surface area contributed by atoms with Crippen LogP contribution < -0.4 is 0 Å². The van der Waals surface area contributed by atoms with Gasteiger partial charge in [0.15, 0.2) is 0 Å². The zero-order valence-electron chi connectivity index (χ0n) is 28.1. The van der Waals surface area contributed by atoms with Crippen LogP contribution in [0.4, 0.5) is 0 Å². The summed E-state index contributed by atoms with van der Waals surface area (Å²) in [4.78, 5) is 0. The Morgan fingerprint density at radius 1 is 0.255 bits per heavy atom. The summed E-state index contributed by atoms with van der Waals surface area (Å²) in [7, 11) is 0. The highest BCUT2D eigenvalue weighted by molar-refractivity contribution is 5.78. The van der Waals surface area contributed by atoms with Crippen molar-refractivity contribution in [3.05, 3.63) is 205 Å². The summed E-state index contributed by atoms with van der Waals surface area (Å²) >= 11 is 0. The summed E-state index contributed by atoms with van der Waals surface area (Å²) in [6.45, 7) is 0. The standard InChI is InChI=1S/C49H36O2/c50-48-29-11-34(32-46(48)44-25-21-42(22-26-44)40-17-13-38(14-18-40)36-7-3-1-4-8-36)31-35-12-30-49(51)47(33-35)45-27-23-43(24-28-45)41-19-15-39(16-20-41)37-9-5-2-6-10-37/h1-30,32-33,50-51H,31H2. The molecule has 0 atom stereocenters. The second kappa shape index (κ2) is 14.1. The molecule has 0 saturated carbocycles. The van der Waals surface area contributed by atoms with E-state index >= 15 is 0 Å². The van der Waals surface area contributed by atoms with E-state index in [4.69, 9.17) is 0 Å². The molecular weight excluding hydrogens is 621 g/mol. The van der Waals surface area contributed by atoms with Crippen LogP contribution in [-0.2, 0) is 6.42 Å². The van der Waals surface area contributed by atoms with E-state index in [0.29, 0.717) is 6.42 Å². The lowest BCUT2D eigenvalue weighted by Crippen LogP contribution is -1.91. The van der Waals surface area contributed by atoms with Gasteiger partial charge in [-0.3, -0.25) is 0 Å². The molecule has 8 aromatic rings. The molecule has 0 aliphatic carbocycles. The van der Waals surface area contributed by atoms with Gasteiger partial charge in [-0.15, -0.1) is 0 Å². The third kappa shape index (κ3) is 6.94. The smallest absolute Gasteiger partial charge is 0.123 e. The van der Waals surface area contributed by atoms with E-state index in [9.17, 15) is 10.2 Å². The molecule has 0 unspecified atom stereocenters. The van der Waals surface area contributed by atoms with Crippen molar-refractivity contribution in [3.63, 3.8) is 0 Å². The van der Waals surface area contributed by atoms with Crippen molar-refractivity contribution in [1.29, 1.82) is 0 Å². The Kier molecular flexibility index (Phi) is 8.72. The van der Waals surface area contributed by atoms with Gasteiger partial charge < -0.3 is 10.2 Å². The first-order chi connectivity index (χ1) is 25.1. The van der Waals surface area contributed by atoms with Gasteiger partial charge in [0.1, 0.15) is 11.5 Å². The van der Waals surface area contributed by atoms with Crippen LogP contribution in [0.2, 0.25) is 0 Å². The Morgan fingerprint density at radius 2 is 0.510 bits per heavy atom. The van der Waals surface area contributed by atoms with E-state index < -0.39 is 0 Å². The molecule has 0 aromatic heterocycles. The lowest BCUT2D eigenvalue weighted by molar-refractivity contribution is 0.477. The molecule has 0 radical (unpaired) electrons. The summed E-state index contributed by atoms with van der Waals surface area (Å²) in [5, 5.41) is 21.7. The highest BCUT2D eigenvalue weighted by atomic mass is 16.3. The van der Waals surface area contributed by atoms with E-state index in [-0.39, 0.29) is 11.5 Å². The number of benzene rings is 8. The van der Waals surface area contributed by atoms with Gasteiger partial charge >= 0.3 is 0 Å². The second-order valence-electron chi connectivity index (χ2n) is 12.9. The van der Waals surface area contributed by atoms with E-state index in [1.807, 2.05) is 24.3 Å². The zero-order valence-corrected chi connectivity index (χ0v) is 28.1. The maximum Gasteiger partial charge on any atom is 0.123 e. The fraction of sp³-hybridized carbons (Fsp3) is 0.0204. The average Bonchev–Trinajstić information content (AvgIpc) is 3.20. The van der Waals surface area contributed by atoms with Crippen molar-refractivity contribution in [2.75, 3.05) is 0 Å². The first-order valence-electron chi connectivity index (χ1n) is 17.2. The minimum absolute atomic E-state index is 0.250. The zero-order chi connectivity index (χ0) is 34.6. The number of rotatable bonds is 8. The molecule has 0 aliphatic heterocycles. The highest BCUT2D eigenvalue weighted by Gasteiger charge is 2.11. The monoisotopic (exact) mass is 656 g/mol. The maximum absolute atomic E-state index is 10.8. The highest BCUT2D eigenvalue weighted by Crippen LogP contribution is 2.36. The van der Waals surface area contributed by atoms with Gasteiger partial charge in [-0.1, -0.05) is 170 Å². The van der Waals surface area contributed by atoms with Crippen molar-refractivity contribution in [1.82, 2.24) is 0 Å². The van der Waals surface area contributed by atoms with Crippen LogP contribution in [0.15, 0.2) is 194 Å². The minimum atomic E-state index is 0.250. The fourth-order valence-corrected chi connectivity index (χ4v) is 6.74. The van der Waals surface area contributed by atoms with Crippen LogP contribution >= 0.6 is 0 Å². The quantitative estimate of drug-likeness (QED) is 0.171. The molecule has 0 heterocycles. The van der Waals surface area contributed by atoms with Crippen molar-refractivity contribution in [3.8, 4) is 78.3 Å². The van der Waals surface area contributed by atoms with Gasteiger partial charge in [-0.2, -0.15) is 0 Å². The van der Waals surface area contributed by atoms with Gasteiger partial charge in [0, 0.05) is 11.1 Å². The molecule has 2 heteroatoms. The predicted octanol–water partition coefficient (Wildman–Crippen LogP) is 12.7. The van der Waals surface area contributed by atoms with Crippen LogP contribution in [0.5, 0.6) is 11.5 Å². The van der Waals surface area contributed by atoms with Crippen molar-refractivity contribution in [2.24, 2.45) is 0 Å². The van der Waals surface area contributed by atoms with Gasteiger partial charge in [0.05, 0.1) is 0 Å². The molecule has 8 rings (SSSR count). The normalized spacial score (nSPS) is 11.0. The Balaban J connectivity index is 0.980. The minimum Gasteiger partial charge on any atom is -0.507 e. The predicted molar refractivity (Wildman–Crippen MR) is 212 cm³/mol. The molecular formula is C49H36O2. The molecule has 0 spiro atoms. The number of phenolic OH excluding ortho intramolecular Hbond substituents is 2. The molecule has 0 bridgehead atoms. The summed E-state index contributed by atoms with van der Waals surface area (Å²) in [6.07, 6.45) is 0.665. The molecule has 8 aromatic carbocycles. The summed E-state index contributed by atoms with van der Waals surface area (Å²) in [6, 6.07) is 66.3. The van der Waals surface area contributed by atoms with E-state index in [1.54, 1.807) is 12.1 Å². The van der Waals surface area contributed by atoms with Crippen LogP contribution in [0, 0.1) is 0 Å². The van der Waals surface area contributed by atoms with Crippen molar-refractivity contribution in [2.45, 2.75) is 6.42 Å². The Hall–Kier alpha value is -6.64. The van der Waals surface area contributed by atoms with Gasteiger partial charge in [0.2, 0.25) is 0 Å². The maximum atomic E-state index is 10.8. The van der Waals surface area contributed by atoms with Crippen molar-refractivity contribution >= 4 is 0 Å². The lowest BCUT2D eigenvalue weighted by atomic mass is 9.94. The number of hydrogen-bond acceptors (Lipinski definition) is 2.